The Hall–Kier alpha value is -1.50. The van der Waals surface area contributed by atoms with E-state index in [4.69, 9.17) is 0 Å². The van der Waals surface area contributed by atoms with E-state index in [1.807, 2.05) is 0 Å². The van der Waals surface area contributed by atoms with E-state index in [1.54, 1.807) is 0 Å². The van der Waals surface area contributed by atoms with Crippen LogP contribution in [0, 0.1) is 6.92 Å². The van der Waals surface area contributed by atoms with E-state index in [2.05, 4.69) is 67.2 Å². The fraction of sp³-hybridized carbons (Fsp3) is 0.231. The fourth-order valence-electron chi connectivity index (χ4n) is 1.62. The van der Waals surface area contributed by atoms with E-state index in [0.717, 1.165) is 0 Å². The number of nitrogens with zero attached hydrogens (tertiary/aromatic N) is 1. The van der Waals surface area contributed by atoms with Crippen LogP contribution in [0.4, 0.5) is 0 Å². The van der Waals surface area contributed by atoms with E-state index < -0.39 is 0 Å². The molecule has 0 aliphatic carbocycles. The largest absolute Gasteiger partial charge is 0.347 e. The summed E-state index contributed by atoms with van der Waals surface area (Å²) in [6, 6.07) is 13.3. The molecule has 1 nitrogen and oxygen atoms in total. The highest BCUT2D eigenvalue weighted by Gasteiger charge is 2.04. The van der Waals surface area contributed by atoms with Gasteiger partial charge < -0.3 is 4.57 Å². The van der Waals surface area contributed by atoms with Gasteiger partial charge in [-0.15, -0.1) is 0 Å². The average molecular weight is 185 g/mol. The summed E-state index contributed by atoms with van der Waals surface area (Å²) in [5.74, 6) is 0. The van der Waals surface area contributed by atoms with Crippen LogP contribution in [0.1, 0.15) is 24.1 Å². The van der Waals surface area contributed by atoms with Gasteiger partial charge in [0.15, 0.2) is 0 Å². The summed E-state index contributed by atoms with van der Waals surface area (Å²) < 4.78 is 2.21. The zero-order valence-corrected chi connectivity index (χ0v) is 8.64. The molecular weight excluding hydrogens is 170 g/mol. The van der Waals surface area contributed by atoms with Crippen LogP contribution in [-0.2, 0) is 0 Å². The fourth-order valence-corrected chi connectivity index (χ4v) is 1.62. The van der Waals surface area contributed by atoms with Crippen LogP contribution < -0.4 is 0 Å². The van der Waals surface area contributed by atoms with Crippen molar-refractivity contribution in [1.29, 1.82) is 0 Å². The predicted molar refractivity (Wildman–Crippen MR) is 59.4 cm³/mol. The van der Waals surface area contributed by atoms with Crippen LogP contribution >= 0.6 is 0 Å². The van der Waals surface area contributed by atoms with Gasteiger partial charge in [0.05, 0.1) is 6.04 Å². The van der Waals surface area contributed by atoms with Crippen molar-refractivity contribution >= 4 is 0 Å². The Morgan fingerprint density at radius 1 is 1.00 bits per heavy atom. The molecule has 1 heteroatoms. The smallest absolute Gasteiger partial charge is 0.0551 e. The first-order chi connectivity index (χ1) is 6.77. The number of hydrogen-bond acceptors (Lipinski definition) is 0. The van der Waals surface area contributed by atoms with Crippen LogP contribution in [0.25, 0.3) is 0 Å². The third-order valence-electron chi connectivity index (χ3n) is 2.63. The topological polar surface area (TPSA) is 4.93 Å². The minimum absolute atomic E-state index is 0.422. The van der Waals surface area contributed by atoms with Crippen LogP contribution in [0.3, 0.4) is 0 Å². The van der Waals surface area contributed by atoms with Crippen LogP contribution in [0.5, 0.6) is 0 Å². The number of hydrogen-bond donors (Lipinski definition) is 0. The molecule has 0 radical (unpaired) electrons. The molecule has 1 atom stereocenters. The zero-order chi connectivity index (χ0) is 9.97. The zero-order valence-electron chi connectivity index (χ0n) is 8.64. The van der Waals surface area contributed by atoms with Crippen molar-refractivity contribution in [2.45, 2.75) is 19.9 Å². The Kier molecular flexibility index (Phi) is 2.40. The number of aromatic nitrogens is 1. The SMILES string of the molecule is Cc1ccc(C(C)n2cccc2)cc1. The third kappa shape index (κ3) is 1.72. The summed E-state index contributed by atoms with van der Waals surface area (Å²) in [4.78, 5) is 0. The maximum Gasteiger partial charge on any atom is 0.0551 e. The quantitative estimate of drug-likeness (QED) is 0.675. The van der Waals surface area contributed by atoms with E-state index >= 15 is 0 Å². The molecule has 1 heterocycles. The van der Waals surface area contributed by atoms with Crippen molar-refractivity contribution in [3.05, 3.63) is 59.9 Å². The van der Waals surface area contributed by atoms with Gasteiger partial charge in [0.1, 0.15) is 0 Å². The Balaban J connectivity index is 2.28. The van der Waals surface area contributed by atoms with Gasteiger partial charge in [-0.05, 0) is 31.5 Å². The van der Waals surface area contributed by atoms with Crippen molar-refractivity contribution in [1.82, 2.24) is 4.57 Å². The molecule has 0 amide bonds. The lowest BCUT2D eigenvalue weighted by Crippen LogP contribution is -2.03. The monoisotopic (exact) mass is 185 g/mol. The minimum atomic E-state index is 0.422. The summed E-state index contributed by atoms with van der Waals surface area (Å²) in [5, 5.41) is 0. The first-order valence-electron chi connectivity index (χ1n) is 4.96. The molecule has 0 bridgehead atoms. The lowest BCUT2D eigenvalue weighted by atomic mass is 10.1. The van der Waals surface area contributed by atoms with Crippen molar-refractivity contribution in [2.24, 2.45) is 0 Å². The molecule has 2 aromatic rings. The average Bonchev–Trinajstić information content (AvgIpc) is 2.71. The van der Waals surface area contributed by atoms with E-state index in [0.29, 0.717) is 6.04 Å². The van der Waals surface area contributed by atoms with Gasteiger partial charge in [0.25, 0.3) is 0 Å². The van der Waals surface area contributed by atoms with Gasteiger partial charge in [0, 0.05) is 12.4 Å². The molecule has 14 heavy (non-hydrogen) atoms. The second-order valence-corrected chi connectivity index (χ2v) is 3.72. The van der Waals surface area contributed by atoms with E-state index in [-0.39, 0.29) is 0 Å². The molecule has 0 spiro atoms. The molecule has 1 aromatic heterocycles. The first-order valence-corrected chi connectivity index (χ1v) is 4.96. The third-order valence-corrected chi connectivity index (χ3v) is 2.63. The Bertz CT molecular complexity index is 384. The van der Waals surface area contributed by atoms with Crippen LogP contribution in [-0.4, -0.2) is 4.57 Å². The second-order valence-electron chi connectivity index (χ2n) is 3.72. The lowest BCUT2D eigenvalue weighted by Gasteiger charge is -2.14. The molecule has 0 aliphatic rings. The molecule has 0 saturated heterocycles. The summed E-state index contributed by atoms with van der Waals surface area (Å²) in [5.41, 5.74) is 2.67. The van der Waals surface area contributed by atoms with Crippen molar-refractivity contribution < 1.29 is 0 Å². The summed E-state index contributed by atoms with van der Waals surface area (Å²) in [7, 11) is 0. The summed E-state index contributed by atoms with van der Waals surface area (Å²) >= 11 is 0. The molecule has 2 rings (SSSR count). The Morgan fingerprint density at radius 3 is 2.14 bits per heavy atom. The molecule has 1 unspecified atom stereocenters. The van der Waals surface area contributed by atoms with Crippen molar-refractivity contribution in [3.8, 4) is 0 Å². The molecule has 72 valence electrons. The normalized spacial score (nSPS) is 12.7. The maximum atomic E-state index is 2.21. The van der Waals surface area contributed by atoms with Crippen LogP contribution in [0.15, 0.2) is 48.8 Å². The molecule has 0 N–H and O–H groups in total. The first kappa shape index (κ1) is 9.07. The molecular formula is C13H15N. The molecule has 0 saturated carbocycles. The Labute approximate surface area is 85.0 Å². The maximum absolute atomic E-state index is 2.21. The highest BCUT2D eigenvalue weighted by molar-refractivity contribution is 5.24. The van der Waals surface area contributed by atoms with Crippen molar-refractivity contribution in [3.63, 3.8) is 0 Å². The highest BCUT2D eigenvalue weighted by Crippen LogP contribution is 2.17. The number of benzene rings is 1. The number of aryl methyl sites for hydroxylation is 1. The van der Waals surface area contributed by atoms with Gasteiger partial charge in [-0.1, -0.05) is 29.8 Å². The highest BCUT2D eigenvalue weighted by atomic mass is 15.0. The van der Waals surface area contributed by atoms with Gasteiger partial charge in [0.2, 0.25) is 0 Å². The molecule has 0 fully saturated rings. The van der Waals surface area contributed by atoms with E-state index in [1.165, 1.54) is 11.1 Å². The standard InChI is InChI=1S/C13H15N/c1-11-5-7-13(8-6-11)12(2)14-9-3-4-10-14/h3-10,12H,1-2H3. The van der Waals surface area contributed by atoms with Crippen molar-refractivity contribution in [2.75, 3.05) is 0 Å². The second kappa shape index (κ2) is 3.70. The number of rotatable bonds is 2. The van der Waals surface area contributed by atoms with Gasteiger partial charge >= 0.3 is 0 Å². The van der Waals surface area contributed by atoms with Crippen LogP contribution in [0.2, 0.25) is 0 Å². The van der Waals surface area contributed by atoms with Gasteiger partial charge in [-0.25, -0.2) is 0 Å². The van der Waals surface area contributed by atoms with Gasteiger partial charge in [-0.3, -0.25) is 0 Å². The lowest BCUT2D eigenvalue weighted by molar-refractivity contribution is 0.643. The van der Waals surface area contributed by atoms with Gasteiger partial charge in [-0.2, -0.15) is 0 Å². The minimum Gasteiger partial charge on any atom is -0.347 e. The molecule has 0 aliphatic heterocycles. The molecule has 1 aromatic carbocycles. The summed E-state index contributed by atoms with van der Waals surface area (Å²) in [6.45, 7) is 4.33. The summed E-state index contributed by atoms with van der Waals surface area (Å²) in [6.07, 6.45) is 4.20. The Morgan fingerprint density at radius 2 is 1.57 bits per heavy atom. The predicted octanol–water partition coefficient (Wildman–Crippen LogP) is 3.41. The van der Waals surface area contributed by atoms with E-state index in [9.17, 15) is 0 Å².